The molecule has 0 aromatic heterocycles. The minimum absolute atomic E-state index is 0.509. The summed E-state index contributed by atoms with van der Waals surface area (Å²) in [7, 11) is 0. The molecule has 1 heterocycles. The molecular weight excluding hydrogens is 228 g/mol. The Bertz CT molecular complexity index is 279. The normalized spacial score (nSPS) is 17.2. The van der Waals surface area contributed by atoms with Crippen LogP contribution in [-0.2, 0) is 4.74 Å². The van der Waals surface area contributed by atoms with Crippen LogP contribution in [0.5, 0.6) is 0 Å². The van der Waals surface area contributed by atoms with Gasteiger partial charge in [0.05, 0.1) is 19.8 Å². The van der Waals surface area contributed by atoms with Crippen LogP contribution in [-0.4, -0.2) is 63.3 Å². The van der Waals surface area contributed by atoms with Crippen LogP contribution in [0.15, 0.2) is 4.99 Å². The Morgan fingerprint density at radius 1 is 1.39 bits per heavy atom. The van der Waals surface area contributed by atoms with Crippen molar-refractivity contribution in [3.05, 3.63) is 0 Å². The van der Waals surface area contributed by atoms with Crippen molar-refractivity contribution in [2.24, 2.45) is 4.99 Å². The first-order chi connectivity index (χ1) is 8.86. The number of ether oxygens (including phenoxy) is 1. The Labute approximate surface area is 110 Å². The highest BCUT2D eigenvalue weighted by Crippen LogP contribution is 1.97. The fraction of sp³-hybridized carbons (Fsp3) is 0.769. The van der Waals surface area contributed by atoms with Gasteiger partial charge in [0.2, 0.25) is 0 Å². The number of guanidine groups is 1. The molecule has 2 N–H and O–H groups in total. The van der Waals surface area contributed by atoms with Crippen LogP contribution in [0.25, 0.3) is 0 Å². The number of rotatable bonds is 6. The molecule has 0 aromatic rings. The monoisotopic (exact) mass is 252 g/mol. The lowest BCUT2D eigenvalue weighted by Crippen LogP contribution is -2.38. The number of nitrogens with zero attached hydrogens (tertiary/aromatic N) is 2. The van der Waals surface area contributed by atoms with Gasteiger partial charge in [-0.2, -0.15) is 0 Å². The number of terminal acetylenes is 1. The second-order valence-electron chi connectivity index (χ2n) is 4.13. The summed E-state index contributed by atoms with van der Waals surface area (Å²) in [6, 6.07) is 0. The molecule has 1 rings (SSSR count). The number of hydrogen-bond donors (Lipinski definition) is 2. The van der Waals surface area contributed by atoms with E-state index >= 15 is 0 Å². The summed E-state index contributed by atoms with van der Waals surface area (Å²) in [6.45, 7) is 9.10. The van der Waals surface area contributed by atoms with E-state index in [2.05, 4.69) is 26.4 Å². The van der Waals surface area contributed by atoms with E-state index in [1.54, 1.807) is 0 Å². The minimum atomic E-state index is 0.509. The SMILES string of the molecule is C#CCNC(=NCCCN1CCOCC1)NCC. The molecule has 0 aliphatic carbocycles. The van der Waals surface area contributed by atoms with Crippen LogP contribution in [0.3, 0.4) is 0 Å². The summed E-state index contributed by atoms with van der Waals surface area (Å²) in [4.78, 5) is 6.89. The molecule has 0 radical (unpaired) electrons. The average molecular weight is 252 g/mol. The lowest BCUT2D eigenvalue weighted by molar-refractivity contribution is 0.0377. The molecule has 1 fully saturated rings. The highest BCUT2D eigenvalue weighted by atomic mass is 16.5. The lowest BCUT2D eigenvalue weighted by Gasteiger charge is -2.26. The fourth-order valence-corrected chi connectivity index (χ4v) is 1.79. The predicted octanol–water partition coefficient (Wildman–Crippen LogP) is -0.103. The molecule has 18 heavy (non-hydrogen) atoms. The topological polar surface area (TPSA) is 48.9 Å². The highest BCUT2D eigenvalue weighted by molar-refractivity contribution is 5.79. The Kier molecular flexibility index (Phi) is 8.02. The standard InChI is InChI=1S/C13H24N4O/c1-3-6-15-13(14-4-2)16-7-5-8-17-9-11-18-12-10-17/h1H,4-12H2,2H3,(H2,14,15,16). The van der Waals surface area contributed by atoms with Crippen molar-refractivity contribution in [1.82, 2.24) is 15.5 Å². The Morgan fingerprint density at radius 2 is 2.17 bits per heavy atom. The van der Waals surface area contributed by atoms with E-state index < -0.39 is 0 Å². The van der Waals surface area contributed by atoms with Gasteiger partial charge < -0.3 is 15.4 Å². The molecule has 1 aliphatic rings. The van der Waals surface area contributed by atoms with Crippen LogP contribution in [0.1, 0.15) is 13.3 Å². The predicted molar refractivity (Wildman–Crippen MR) is 74.7 cm³/mol. The van der Waals surface area contributed by atoms with Gasteiger partial charge in [-0.05, 0) is 13.3 Å². The highest BCUT2D eigenvalue weighted by Gasteiger charge is 2.08. The van der Waals surface area contributed by atoms with Gasteiger partial charge in [-0.25, -0.2) is 0 Å². The zero-order valence-electron chi connectivity index (χ0n) is 11.2. The van der Waals surface area contributed by atoms with Crippen molar-refractivity contribution in [3.63, 3.8) is 0 Å². The maximum absolute atomic E-state index is 5.31. The molecule has 0 spiro atoms. The first-order valence-corrected chi connectivity index (χ1v) is 6.62. The minimum Gasteiger partial charge on any atom is -0.379 e. The van der Waals surface area contributed by atoms with Crippen LogP contribution >= 0.6 is 0 Å². The average Bonchev–Trinajstić information content (AvgIpc) is 2.42. The van der Waals surface area contributed by atoms with Crippen molar-refractivity contribution < 1.29 is 4.74 Å². The van der Waals surface area contributed by atoms with Crippen LogP contribution < -0.4 is 10.6 Å². The molecule has 0 atom stereocenters. The van der Waals surface area contributed by atoms with E-state index in [0.29, 0.717) is 6.54 Å². The van der Waals surface area contributed by atoms with E-state index in [1.165, 1.54) is 0 Å². The number of aliphatic imine (C=N–C) groups is 1. The molecule has 0 amide bonds. The van der Waals surface area contributed by atoms with Gasteiger partial charge in [0, 0.05) is 32.7 Å². The van der Waals surface area contributed by atoms with Gasteiger partial charge in [0.25, 0.3) is 0 Å². The van der Waals surface area contributed by atoms with Crippen LogP contribution in [0.2, 0.25) is 0 Å². The van der Waals surface area contributed by atoms with Crippen molar-refractivity contribution in [2.45, 2.75) is 13.3 Å². The first kappa shape index (κ1) is 14.8. The second kappa shape index (κ2) is 9.75. The Morgan fingerprint density at radius 3 is 2.83 bits per heavy atom. The third kappa shape index (κ3) is 6.48. The van der Waals surface area contributed by atoms with Crippen molar-refractivity contribution in [3.8, 4) is 12.3 Å². The van der Waals surface area contributed by atoms with E-state index in [0.717, 1.165) is 58.3 Å². The zero-order valence-corrected chi connectivity index (χ0v) is 11.2. The van der Waals surface area contributed by atoms with E-state index in [9.17, 15) is 0 Å². The summed E-state index contributed by atoms with van der Waals surface area (Å²) in [5.41, 5.74) is 0. The molecule has 1 aliphatic heterocycles. The summed E-state index contributed by atoms with van der Waals surface area (Å²) in [5.74, 6) is 3.35. The summed E-state index contributed by atoms with van der Waals surface area (Å²) in [5, 5.41) is 6.24. The summed E-state index contributed by atoms with van der Waals surface area (Å²) < 4.78 is 5.31. The maximum atomic E-state index is 5.31. The zero-order chi connectivity index (χ0) is 13.1. The third-order valence-electron chi connectivity index (χ3n) is 2.71. The maximum Gasteiger partial charge on any atom is 0.192 e. The van der Waals surface area contributed by atoms with Gasteiger partial charge in [0.15, 0.2) is 5.96 Å². The molecule has 0 unspecified atom stereocenters. The molecule has 0 saturated carbocycles. The van der Waals surface area contributed by atoms with Crippen LogP contribution in [0.4, 0.5) is 0 Å². The molecule has 1 saturated heterocycles. The van der Waals surface area contributed by atoms with Crippen molar-refractivity contribution >= 4 is 5.96 Å². The van der Waals surface area contributed by atoms with Gasteiger partial charge in [0.1, 0.15) is 0 Å². The summed E-state index contributed by atoms with van der Waals surface area (Å²) >= 11 is 0. The molecule has 5 heteroatoms. The molecule has 0 bridgehead atoms. The van der Waals surface area contributed by atoms with Gasteiger partial charge in [-0.3, -0.25) is 9.89 Å². The molecule has 5 nitrogen and oxygen atoms in total. The third-order valence-corrected chi connectivity index (χ3v) is 2.71. The van der Waals surface area contributed by atoms with Crippen LogP contribution in [0, 0.1) is 12.3 Å². The van der Waals surface area contributed by atoms with Gasteiger partial charge >= 0.3 is 0 Å². The van der Waals surface area contributed by atoms with Gasteiger partial charge in [-0.15, -0.1) is 6.42 Å². The second-order valence-corrected chi connectivity index (χ2v) is 4.13. The molecule has 102 valence electrons. The number of nitrogens with one attached hydrogen (secondary N) is 2. The quantitative estimate of drug-likeness (QED) is 0.300. The fourth-order valence-electron chi connectivity index (χ4n) is 1.79. The number of morpholine rings is 1. The van der Waals surface area contributed by atoms with Crippen molar-refractivity contribution in [2.75, 3.05) is 52.5 Å². The Hall–Kier alpha value is -1.25. The van der Waals surface area contributed by atoms with E-state index in [4.69, 9.17) is 11.2 Å². The largest absolute Gasteiger partial charge is 0.379 e. The Balaban J connectivity index is 2.16. The lowest BCUT2D eigenvalue weighted by atomic mass is 10.3. The van der Waals surface area contributed by atoms with E-state index in [-0.39, 0.29) is 0 Å². The molecule has 0 aromatic carbocycles. The van der Waals surface area contributed by atoms with E-state index in [1.807, 2.05) is 6.92 Å². The smallest absolute Gasteiger partial charge is 0.192 e. The number of hydrogen-bond acceptors (Lipinski definition) is 3. The van der Waals surface area contributed by atoms with Gasteiger partial charge in [-0.1, -0.05) is 5.92 Å². The first-order valence-electron chi connectivity index (χ1n) is 6.62. The summed E-state index contributed by atoms with van der Waals surface area (Å²) in [6.07, 6.45) is 6.27. The van der Waals surface area contributed by atoms with Crippen molar-refractivity contribution in [1.29, 1.82) is 0 Å². The molecular formula is C13H24N4O.